The summed E-state index contributed by atoms with van der Waals surface area (Å²) in [5.74, 6) is 1.19. The van der Waals surface area contributed by atoms with E-state index in [1.165, 1.54) is 0 Å². The quantitative estimate of drug-likeness (QED) is 0.900. The Hall–Kier alpha value is -2.10. The van der Waals surface area contributed by atoms with Crippen LogP contribution in [0.5, 0.6) is 0 Å². The summed E-state index contributed by atoms with van der Waals surface area (Å²) in [6.45, 7) is 7.65. The lowest BCUT2D eigenvalue weighted by molar-refractivity contribution is 0.0919. The fourth-order valence-electron chi connectivity index (χ4n) is 1.72. The van der Waals surface area contributed by atoms with Gasteiger partial charge in [-0.15, -0.1) is 0 Å². The van der Waals surface area contributed by atoms with Crippen LogP contribution in [0.1, 0.15) is 37.0 Å². The molecule has 0 bridgehead atoms. The highest BCUT2D eigenvalue weighted by Gasteiger charge is 2.16. The topological polar surface area (TPSA) is 55.1 Å². The standard InChI is InChI=1S/C15H18N2O2/c1-10-16-9-13(19-10)11-6-5-7-12(8-11)14(18)17-15(2,3)4/h5-9H,1-4H3,(H,17,18). The Morgan fingerprint density at radius 3 is 2.63 bits per heavy atom. The second-order valence-electron chi connectivity index (χ2n) is 5.53. The van der Waals surface area contributed by atoms with Crippen molar-refractivity contribution in [2.24, 2.45) is 0 Å². The Labute approximate surface area is 112 Å². The van der Waals surface area contributed by atoms with Gasteiger partial charge in [-0.3, -0.25) is 4.79 Å². The molecule has 4 nitrogen and oxygen atoms in total. The Balaban J connectivity index is 2.27. The zero-order valence-corrected chi connectivity index (χ0v) is 11.7. The second kappa shape index (κ2) is 4.88. The molecule has 0 radical (unpaired) electrons. The first-order valence-electron chi connectivity index (χ1n) is 6.20. The molecule has 1 aromatic carbocycles. The molecule has 2 rings (SSSR count). The average molecular weight is 258 g/mol. The molecule has 0 spiro atoms. The Bertz CT molecular complexity index is 594. The van der Waals surface area contributed by atoms with Crippen molar-refractivity contribution in [2.45, 2.75) is 33.2 Å². The normalized spacial score (nSPS) is 11.4. The number of nitrogens with zero attached hydrogens (tertiary/aromatic N) is 1. The van der Waals surface area contributed by atoms with Crippen molar-refractivity contribution in [3.63, 3.8) is 0 Å². The highest BCUT2D eigenvalue weighted by atomic mass is 16.4. The van der Waals surface area contributed by atoms with Crippen LogP contribution in [-0.2, 0) is 0 Å². The van der Waals surface area contributed by atoms with E-state index in [4.69, 9.17) is 4.42 Å². The summed E-state index contributed by atoms with van der Waals surface area (Å²) in [5, 5.41) is 2.93. The molecule has 0 atom stereocenters. The molecular weight excluding hydrogens is 240 g/mol. The van der Waals surface area contributed by atoms with Gasteiger partial charge in [-0.2, -0.15) is 0 Å². The zero-order chi connectivity index (χ0) is 14.0. The maximum absolute atomic E-state index is 12.1. The van der Waals surface area contributed by atoms with Gasteiger partial charge >= 0.3 is 0 Å². The molecule has 0 aliphatic rings. The van der Waals surface area contributed by atoms with Gasteiger partial charge in [0.15, 0.2) is 11.7 Å². The molecule has 0 aliphatic carbocycles. The molecule has 1 N–H and O–H groups in total. The third-order valence-corrected chi connectivity index (χ3v) is 2.52. The van der Waals surface area contributed by atoms with Gasteiger partial charge in [0, 0.05) is 23.6 Å². The maximum Gasteiger partial charge on any atom is 0.251 e. The van der Waals surface area contributed by atoms with Crippen molar-refractivity contribution in [1.29, 1.82) is 0 Å². The Morgan fingerprint density at radius 2 is 2.05 bits per heavy atom. The first-order valence-corrected chi connectivity index (χ1v) is 6.20. The van der Waals surface area contributed by atoms with Crippen LogP contribution in [0, 0.1) is 6.92 Å². The van der Waals surface area contributed by atoms with Gasteiger partial charge in [0.05, 0.1) is 6.20 Å². The van der Waals surface area contributed by atoms with E-state index in [0.717, 1.165) is 5.56 Å². The smallest absolute Gasteiger partial charge is 0.251 e. The predicted octanol–water partition coefficient (Wildman–Crippen LogP) is 3.18. The molecule has 19 heavy (non-hydrogen) atoms. The second-order valence-corrected chi connectivity index (χ2v) is 5.53. The van der Waals surface area contributed by atoms with Gasteiger partial charge in [0.2, 0.25) is 0 Å². The summed E-state index contributed by atoms with van der Waals surface area (Å²) in [6, 6.07) is 7.33. The molecule has 0 aliphatic heterocycles. The van der Waals surface area contributed by atoms with E-state index < -0.39 is 0 Å². The summed E-state index contributed by atoms with van der Waals surface area (Å²) >= 11 is 0. The van der Waals surface area contributed by atoms with E-state index in [-0.39, 0.29) is 11.4 Å². The minimum absolute atomic E-state index is 0.0920. The molecule has 2 aromatic rings. The minimum Gasteiger partial charge on any atom is -0.441 e. The molecule has 1 aromatic heterocycles. The lowest BCUT2D eigenvalue weighted by atomic mass is 10.1. The average Bonchev–Trinajstić information content (AvgIpc) is 2.74. The van der Waals surface area contributed by atoms with Crippen LogP contribution in [0.4, 0.5) is 0 Å². The van der Waals surface area contributed by atoms with Gasteiger partial charge in [-0.05, 0) is 32.9 Å². The molecule has 1 heterocycles. The lowest BCUT2D eigenvalue weighted by Gasteiger charge is -2.20. The van der Waals surface area contributed by atoms with E-state index in [9.17, 15) is 4.79 Å². The monoisotopic (exact) mass is 258 g/mol. The van der Waals surface area contributed by atoms with Crippen LogP contribution < -0.4 is 5.32 Å². The summed E-state index contributed by atoms with van der Waals surface area (Å²) in [5.41, 5.74) is 1.21. The fourth-order valence-corrected chi connectivity index (χ4v) is 1.72. The minimum atomic E-state index is -0.254. The third kappa shape index (κ3) is 3.44. The van der Waals surface area contributed by atoms with E-state index in [1.54, 1.807) is 25.3 Å². The number of amides is 1. The molecule has 0 unspecified atom stereocenters. The van der Waals surface area contributed by atoms with Crippen LogP contribution in [0.3, 0.4) is 0 Å². The number of nitrogens with one attached hydrogen (secondary N) is 1. The molecule has 0 saturated heterocycles. The number of oxazole rings is 1. The van der Waals surface area contributed by atoms with Crippen LogP contribution in [0.25, 0.3) is 11.3 Å². The van der Waals surface area contributed by atoms with E-state index in [0.29, 0.717) is 17.2 Å². The Kier molecular flexibility index (Phi) is 3.42. The fraction of sp³-hybridized carbons (Fsp3) is 0.333. The number of rotatable bonds is 2. The van der Waals surface area contributed by atoms with Crippen LogP contribution >= 0.6 is 0 Å². The third-order valence-electron chi connectivity index (χ3n) is 2.52. The van der Waals surface area contributed by atoms with Gasteiger partial charge < -0.3 is 9.73 Å². The summed E-state index contributed by atoms with van der Waals surface area (Å²) in [7, 11) is 0. The first-order chi connectivity index (χ1) is 8.85. The van der Waals surface area contributed by atoms with Crippen LogP contribution in [-0.4, -0.2) is 16.4 Å². The Morgan fingerprint density at radius 1 is 1.32 bits per heavy atom. The highest BCUT2D eigenvalue weighted by Crippen LogP contribution is 2.21. The van der Waals surface area contributed by atoms with E-state index in [1.807, 2.05) is 32.9 Å². The van der Waals surface area contributed by atoms with Gasteiger partial charge in [0.25, 0.3) is 5.91 Å². The molecular formula is C15H18N2O2. The van der Waals surface area contributed by atoms with Crippen molar-refractivity contribution in [3.05, 3.63) is 41.9 Å². The molecule has 1 amide bonds. The number of aromatic nitrogens is 1. The van der Waals surface area contributed by atoms with Crippen molar-refractivity contribution < 1.29 is 9.21 Å². The van der Waals surface area contributed by atoms with Crippen molar-refractivity contribution in [3.8, 4) is 11.3 Å². The predicted molar refractivity (Wildman–Crippen MR) is 73.9 cm³/mol. The lowest BCUT2D eigenvalue weighted by Crippen LogP contribution is -2.40. The number of hydrogen-bond acceptors (Lipinski definition) is 3. The number of hydrogen-bond donors (Lipinski definition) is 1. The van der Waals surface area contributed by atoms with Crippen molar-refractivity contribution >= 4 is 5.91 Å². The number of carbonyl (C=O) groups excluding carboxylic acids is 1. The molecule has 4 heteroatoms. The highest BCUT2D eigenvalue weighted by molar-refractivity contribution is 5.95. The summed E-state index contributed by atoms with van der Waals surface area (Å²) in [4.78, 5) is 16.2. The zero-order valence-electron chi connectivity index (χ0n) is 11.7. The SMILES string of the molecule is Cc1ncc(-c2cccc(C(=O)NC(C)(C)C)c2)o1. The van der Waals surface area contributed by atoms with Gasteiger partial charge in [-0.1, -0.05) is 12.1 Å². The largest absolute Gasteiger partial charge is 0.441 e. The van der Waals surface area contributed by atoms with Gasteiger partial charge in [0.1, 0.15) is 0 Å². The van der Waals surface area contributed by atoms with E-state index >= 15 is 0 Å². The number of benzene rings is 1. The number of carbonyl (C=O) groups is 1. The van der Waals surface area contributed by atoms with Crippen molar-refractivity contribution in [1.82, 2.24) is 10.3 Å². The first kappa shape index (κ1) is 13.3. The van der Waals surface area contributed by atoms with Crippen LogP contribution in [0.2, 0.25) is 0 Å². The number of aryl methyl sites for hydroxylation is 1. The maximum atomic E-state index is 12.1. The summed E-state index contributed by atoms with van der Waals surface area (Å²) < 4.78 is 5.46. The summed E-state index contributed by atoms with van der Waals surface area (Å²) in [6.07, 6.45) is 1.66. The molecule has 0 fully saturated rings. The van der Waals surface area contributed by atoms with Crippen molar-refractivity contribution in [2.75, 3.05) is 0 Å². The van der Waals surface area contributed by atoms with E-state index in [2.05, 4.69) is 10.3 Å². The van der Waals surface area contributed by atoms with Gasteiger partial charge in [-0.25, -0.2) is 4.98 Å². The molecule has 100 valence electrons. The molecule has 0 saturated carbocycles. The van der Waals surface area contributed by atoms with Crippen LogP contribution in [0.15, 0.2) is 34.9 Å².